The van der Waals surface area contributed by atoms with Gasteiger partial charge in [0, 0.05) is 20.1 Å². The summed E-state index contributed by atoms with van der Waals surface area (Å²) in [5, 5.41) is 1.32. The molecule has 1 saturated heterocycles. The fraction of sp³-hybridized carbons (Fsp3) is 0.462. The number of hydrogen-bond acceptors (Lipinski definition) is 6. The van der Waals surface area contributed by atoms with E-state index in [0.717, 1.165) is 31.1 Å². The molecule has 1 aliphatic heterocycles. The number of carbonyl (C=O) groups is 1. The van der Waals surface area contributed by atoms with Gasteiger partial charge in [-0.3, -0.25) is 0 Å². The number of halogens is 2. The van der Waals surface area contributed by atoms with Crippen molar-refractivity contribution in [3.05, 3.63) is 27.2 Å². The lowest BCUT2D eigenvalue weighted by molar-refractivity contribution is 0.0470. The average Bonchev–Trinajstić information content (AvgIpc) is 3.20. The van der Waals surface area contributed by atoms with E-state index in [4.69, 9.17) is 27.9 Å². The van der Waals surface area contributed by atoms with E-state index in [1.54, 1.807) is 17.8 Å². The van der Waals surface area contributed by atoms with Gasteiger partial charge in [-0.1, -0.05) is 22.9 Å². The highest BCUT2D eigenvalue weighted by atomic mass is 35.5. The van der Waals surface area contributed by atoms with Gasteiger partial charge in [0.1, 0.15) is 6.61 Å². The number of ether oxygens (including phenoxy) is 1. The SMILES string of the molecule is Cn1c(COC(=O)c2sc(N3CCCC3)nc2Cl)cnc1Cl. The van der Waals surface area contributed by atoms with Crippen LogP contribution in [0.15, 0.2) is 6.20 Å². The lowest BCUT2D eigenvalue weighted by Crippen LogP contribution is -2.16. The van der Waals surface area contributed by atoms with E-state index >= 15 is 0 Å². The molecule has 0 aromatic carbocycles. The summed E-state index contributed by atoms with van der Waals surface area (Å²) in [6.07, 6.45) is 3.84. The Morgan fingerprint density at radius 2 is 2.14 bits per heavy atom. The average molecular weight is 361 g/mol. The molecule has 0 amide bonds. The highest BCUT2D eigenvalue weighted by molar-refractivity contribution is 7.18. The highest BCUT2D eigenvalue weighted by Crippen LogP contribution is 2.32. The lowest BCUT2D eigenvalue weighted by Gasteiger charge is -2.11. The van der Waals surface area contributed by atoms with E-state index < -0.39 is 5.97 Å². The first kappa shape index (κ1) is 15.6. The van der Waals surface area contributed by atoms with Crippen LogP contribution in [0.25, 0.3) is 0 Å². The normalized spacial score (nSPS) is 14.6. The smallest absolute Gasteiger partial charge is 0.352 e. The first-order valence-corrected chi connectivity index (χ1v) is 8.38. The monoisotopic (exact) mass is 360 g/mol. The van der Waals surface area contributed by atoms with Crippen molar-refractivity contribution < 1.29 is 9.53 Å². The van der Waals surface area contributed by atoms with Gasteiger partial charge in [-0.2, -0.15) is 0 Å². The third-order valence-electron chi connectivity index (χ3n) is 3.52. The fourth-order valence-corrected chi connectivity index (χ4v) is 3.60. The summed E-state index contributed by atoms with van der Waals surface area (Å²) < 4.78 is 6.93. The van der Waals surface area contributed by atoms with Gasteiger partial charge in [0.05, 0.1) is 11.9 Å². The summed E-state index contributed by atoms with van der Waals surface area (Å²) in [5.41, 5.74) is 0.707. The summed E-state index contributed by atoms with van der Waals surface area (Å²) in [7, 11) is 1.75. The molecule has 3 heterocycles. The molecule has 0 saturated carbocycles. The van der Waals surface area contributed by atoms with Crippen molar-refractivity contribution in [2.24, 2.45) is 7.05 Å². The Bertz CT molecular complexity index is 694. The van der Waals surface area contributed by atoms with Crippen LogP contribution in [0.1, 0.15) is 28.2 Å². The van der Waals surface area contributed by atoms with Crippen LogP contribution in [0.4, 0.5) is 5.13 Å². The van der Waals surface area contributed by atoms with E-state index in [9.17, 15) is 4.79 Å². The highest BCUT2D eigenvalue weighted by Gasteiger charge is 2.23. The van der Waals surface area contributed by atoms with Crippen LogP contribution >= 0.6 is 34.5 Å². The van der Waals surface area contributed by atoms with E-state index in [1.807, 2.05) is 0 Å². The molecule has 1 fully saturated rings. The Morgan fingerprint density at radius 3 is 2.77 bits per heavy atom. The van der Waals surface area contributed by atoms with Gasteiger partial charge in [0.2, 0.25) is 5.28 Å². The summed E-state index contributed by atoms with van der Waals surface area (Å²) in [4.78, 5) is 22.8. The van der Waals surface area contributed by atoms with Crippen molar-refractivity contribution in [3.63, 3.8) is 0 Å². The number of imidazole rings is 1. The molecule has 2 aromatic rings. The molecule has 9 heteroatoms. The molecule has 0 atom stereocenters. The number of esters is 1. The molecule has 0 N–H and O–H groups in total. The molecular formula is C13H14Cl2N4O2S. The van der Waals surface area contributed by atoms with E-state index in [-0.39, 0.29) is 11.8 Å². The maximum Gasteiger partial charge on any atom is 0.352 e. The molecular weight excluding hydrogens is 347 g/mol. The Morgan fingerprint density at radius 1 is 1.41 bits per heavy atom. The van der Waals surface area contributed by atoms with E-state index in [0.29, 0.717) is 15.9 Å². The molecule has 22 heavy (non-hydrogen) atoms. The molecule has 0 spiro atoms. The zero-order valence-corrected chi connectivity index (χ0v) is 14.2. The second-order valence-corrected chi connectivity index (χ2v) is 6.64. The van der Waals surface area contributed by atoms with Gasteiger partial charge in [-0.05, 0) is 24.4 Å². The molecule has 118 valence electrons. The quantitative estimate of drug-likeness (QED) is 0.783. The zero-order valence-electron chi connectivity index (χ0n) is 11.9. The van der Waals surface area contributed by atoms with Gasteiger partial charge in [0.15, 0.2) is 15.2 Å². The molecule has 0 radical (unpaired) electrons. The Kier molecular flexibility index (Phi) is 4.56. The molecule has 0 bridgehead atoms. The molecule has 6 nitrogen and oxygen atoms in total. The molecule has 1 aliphatic rings. The maximum absolute atomic E-state index is 12.2. The van der Waals surface area contributed by atoms with Crippen LogP contribution in [0, 0.1) is 0 Å². The number of anilines is 1. The third kappa shape index (κ3) is 3.06. The Hall–Kier alpha value is -1.31. The van der Waals surface area contributed by atoms with Crippen molar-refractivity contribution in [1.82, 2.24) is 14.5 Å². The number of aromatic nitrogens is 3. The van der Waals surface area contributed by atoms with Gasteiger partial charge in [-0.25, -0.2) is 14.8 Å². The minimum absolute atomic E-state index is 0.0856. The minimum atomic E-state index is -0.481. The van der Waals surface area contributed by atoms with Gasteiger partial charge >= 0.3 is 5.97 Å². The Labute approximate surface area is 141 Å². The zero-order chi connectivity index (χ0) is 15.7. The van der Waals surface area contributed by atoms with E-state index in [1.165, 1.54) is 11.3 Å². The van der Waals surface area contributed by atoms with Gasteiger partial charge in [0.25, 0.3) is 0 Å². The van der Waals surface area contributed by atoms with Gasteiger partial charge < -0.3 is 14.2 Å². The number of nitrogens with zero attached hydrogens (tertiary/aromatic N) is 4. The van der Waals surface area contributed by atoms with Gasteiger partial charge in [-0.15, -0.1) is 0 Å². The van der Waals surface area contributed by atoms with Crippen LogP contribution in [-0.2, 0) is 18.4 Å². The summed E-state index contributed by atoms with van der Waals surface area (Å²) in [5.74, 6) is -0.481. The molecule has 0 aliphatic carbocycles. The van der Waals surface area contributed by atoms with Crippen LogP contribution in [0.3, 0.4) is 0 Å². The predicted octanol–water partition coefficient (Wildman–Crippen LogP) is 3.14. The molecule has 3 rings (SSSR count). The van der Waals surface area contributed by atoms with Crippen LogP contribution < -0.4 is 4.90 Å². The van der Waals surface area contributed by atoms with Crippen molar-refractivity contribution in [2.75, 3.05) is 18.0 Å². The van der Waals surface area contributed by atoms with Crippen LogP contribution in [-0.4, -0.2) is 33.6 Å². The molecule has 2 aromatic heterocycles. The van der Waals surface area contributed by atoms with E-state index in [2.05, 4.69) is 14.9 Å². The standard InChI is InChI=1S/C13H14Cl2N4O2S/c1-18-8(6-16-12(18)15)7-21-11(20)9-10(14)17-13(22-9)19-4-2-3-5-19/h6H,2-5,7H2,1H3. The van der Waals surface area contributed by atoms with Crippen molar-refractivity contribution >= 4 is 45.6 Å². The first-order chi connectivity index (χ1) is 10.6. The second-order valence-electron chi connectivity index (χ2n) is 4.96. The predicted molar refractivity (Wildman–Crippen MR) is 85.9 cm³/mol. The largest absolute Gasteiger partial charge is 0.455 e. The van der Waals surface area contributed by atoms with Crippen molar-refractivity contribution in [1.29, 1.82) is 0 Å². The van der Waals surface area contributed by atoms with Crippen LogP contribution in [0.2, 0.25) is 10.4 Å². The minimum Gasteiger partial charge on any atom is -0.455 e. The lowest BCUT2D eigenvalue weighted by atomic mass is 10.4. The summed E-state index contributed by atoms with van der Waals surface area (Å²) >= 11 is 13.2. The number of rotatable bonds is 4. The van der Waals surface area contributed by atoms with Crippen molar-refractivity contribution in [3.8, 4) is 0 Å². The van der Waals surface area contributed by atoms with Crippen LogP contribution in [0.5, 0.6) is 0 Å². The summed E-state index contributed by atoms with van der Waals surface area (Å²) in [6, 6.07) is 0. The Balaban J connectivity index is 1.68. The number of thiazole rings is 1. The first-order valence-electron chi connectivity index (χ1n) is 6.80. The third-order valence-corrected chi connectivity index (χ3v) is 5.35. The fourth-order valence-electron chi connectivity index (χ4n) is 2.22. The number of carbonyl (C=O) groups excluding carboxylic acids is 1. The second kappa shape index (κ2) is 6.44. The molecule has 0 unspecified atom stereocenters. The topological polar surface area (TPSA) is 60.2 Å². The maximum atomic E-state index is 12.2. The summed E-state index contributed by atoms with van der Waals surface area (Å²) in [6.45, 7) is 1.99. The number of hydrogen-bond donors (Lipinski definition) is 0. The van der Waals surface area contributed by atoms with Crippen molar-refractivity contribution in [2.45, 2.75) is 19.4 Å².